The highest BCUT2D eigenvalue weighted by Gasteiger charge is 2.31. The van der Waals surface area contributed by atoms with Gasteiger partial charge in [-0.25, -0.2) is 4.79 Å². The fraction of sp³-hybridized carbons (Fsp3) is 0.588. The Morgan fingerprint density at radius 3 is 2.86 bits per heavy atom. The summed E-state index contributed by atoms with van der Waals surface area (Å²) in [7, 11) is 3.89. The van der Waals surface area contributed by atoms with Crippen molar-refractivity contribution in [2.24, 2.45) is 11.8 Å². The van der Waals surface area contributed by atoms with E-state index in [-0.39, 0.29) is 6.03 Å². The van der Waals surface area contributed by atoms with Crippen LogP contribution in [0.5, 0.6) is 0 Å². The molecule has 2 aliphatic rings. The third-order valence-corrected chi connectivity index (χ3v) is 5.15. The molecule has 2 N–H and O–H groups in total. The number of urea groups is 1. The lowest BCUT2D eigenvalue weighted by Crippen LogP contribution is -2.35. The molecule has 1 aromatic rings. The van der Waals surface area contributed by atoms with Crippen molar-refractivity contribution in [3.05, 3.63) is 29.3 Å². The Morgan fingerprint density at radius 2 is 2.19 bits per heavy atom. The first kappa shape index (κ1) is 14.4. The average molecular weight is 287 g/mol. The Hall–Kier alpha value is -1.55. The number of carbonyl (C=O) groups excluding carboxylic acids is 1. The van der Waals surface area contributed by atoms with E-state index in [4.69, 9.17) is 0 Å². The maximum Gasteiger partial charge on any atom is 0.321 e. The Labute approximate surface area is 126 Å². The van der Waals surface area contributed by atoms with Crippen LogP contribution >= 0.6 is 0 Å². The lowest BCUT2D eigenvalue weighted by molar-refractivity contribution is 0.218. The van der Waals surface area contributed by atoms with Crippen LogP contribution in [-0.2, 0) is 6.54 Å². The molecule has 3 atom stereocenters. The molecule has 0 saturated heterocycles. The van der Waals surface area contributed by atoms with Gasteiger partial charge in [-0.15, -0.1) is 0 Å². The normalized spacial score (nSPS) is 26.4. The van der Waals surface area contributed by atoms with E-state index in [1.165, 1.54) is 30.4 Å². The van der Waals surface area contributed by atoms with Crippen LogP contribution in [0.1, 0.15) is 43.4 Å². The first-order valence-electron chi connectivity index (χ1n) is 7.92. The smallest absolute Gasteiger partial charge is 0.321 e. The second-order valence-corrected chi connectivity index (χ2v) is 6.54. The molecule has 1 heterocycles. The number of hydrogen-bond donors (Lipinski definition) is 2. The fourth-order valence-electron chi connectivity index (χ4n) is 3.90. The summed E-state index contributed by atoms with van der Waals surface area (Å²) in [4.78, 5) is 13.4. The van der Waals surface area contributed by atoms with E-state index in [1.807, 2.05) is 7.05 Å². The van der Waals surface area contributed by atoms with Gasteiger partial charge in [0.2, 0.25) is 0 Å². The highest BCUT2D eigenvalue weighted by Crippen LogP contribution is 2.40. The largest absolute Gasteiger partial charge is 0.323 e. The highest BCUT2D eigenvalue weighted by atomic mass is 16.2. The summed E-state index contributed by atoms with van der Waals surface area (Å²) >= 11 is 0. The zero-order valence-corrected chi connectivity index (χ0v) is 13.1. The van der Waals surface area contributed by atoms with E-state index in [9.17, 15) is 4.79 Å². The average Bonchev–Trinajstić information content (AvgIpc) is 2.88. The van der Waals surface area contributed by atoms with E-state index >= 15 is 0 Å². The van der Waals surface area contributed by atoms with Crippen molar-refractivity contribution in [3.63, 3.8) is 0 Å². The third-order valence-electron chi connectivity index (χ3n) is 5.15. The number of nitrogens with zero attached hydrogens (tertiary/aromatic N) is 1. The maximum absolute atomic E-state index is 11.7. The van der Waals surface area contributed by atoms with Crippen LogP contribution in [0, 0.1) is 11.8 Å². The van der Waals surface area contributed by atoms with Crippen molar-refractivity contribution in [1.29, 1.82) is 0 Å². The van der Waals surface area contributed by atoms with Gasteiger partial charge in [0, 0.05) is 25.3 Å². The van der Waals surface area contributed by atoms with Crippen LogP contribution in [0.4, 0.5) is 10.5 Å². The van der Waals surface area contributed by atoms with Gasteiger partial charge in [0.05, 0.1) is 0 Å². The first-order valence-corrected chi connectivity index (χ1v) is 7.92. The van der Waals surface area contributed by atoms with Crippen LogP contribution in [0.3, 0.4) is 0 Å². The Morgan fingerprint density at radius 1 is 1.38 bits per heavy atom. The van der Waals surface area contributed by atoms with Gasteiger partial charge in [-0.05, 0) is 42.5 Å². The van der Waals surface area contributed by atoms with Gasteiger partial charge in [-0.3, -0.25) is 0 Å². The lowest BCUT2D eigenvalue weighted by Gasteiger charge is -2.30. The summed E-state index contributed by atoms with van der Waals surface area (Å²) in [6.45, 7) is 3.06. The van der Waals surface area contributed by atoms with Crippen LogP contribution in [-0.4, -0.2) is 25.0 Å². The summed E-state index contributed by atoms with van der Waals surface area (Å²) in [6.07, 6.45) is 3.99. The van der Waals surface area contributed by atoms with E-state index in [0.29, 0.717) is 18.5 Å². The van der Waals surface area contributed by atoms with E-state index in [0.717, 1.165) is 11.6 Å². The topological polar surface area (TPSA) is 44.4 Å². The van der Waals surface area contributed by atoms with Crippen molar-refractivity contribution >= 4 is 11.7 Å². The summed E-state index contributed by atoms with van der Waals surface area (Å²) in [5.74, 6) is 1.49. The van der Waals surface area contributed by atoms with Gasteiger partial charge in [-0.1, -0.05) is 31.9 Å². The summed E-state index contributed by atoms with van der Waals surface area (Å²) in [5, 5.41) is 6.46. The number of fused-ring (bicyclic) bond motifs is 1. The molecule has 0 bridgehead atoms. The zero-order chi connectivity index (χ0) is 15.0. The molecule has 3 rings (SSSR count). The number of hydrogen-bond acceptors (Lipinski definition) is 2. The molecule has 0 radical (unpaired) electrons. The number of anilines is 1. The van der Waals surface area contributed by atoms with Crippen LogP contribution in [0.25, 0.3) is 0 Å². The number of amides is 2. The summed E-state index contributed by atoms with van der Waals surface area (Å²) < 4.78 is 0. The second kappa shape index (κ2) is 5.68. The van der Waals surface area contributed by atoms with Gasteiger partial charge in [0.15, 0.2) is 0 Å². The minimum absolute atomic E-state index is 0.0233. The van der Waals surface area contributed by atoms with Crippen LogP contribution in [0.2, 0.25) is 0 Å². The number of carbonyl (C=O) groups is 1. The van der Waals surface area contributed by atoms with Crippen molar-refractivity contribution in [3.8, 4) is 0 Å². The Balaban J connectivity index is 1.88. The molecule has 1 saturated carbocycles. The minimum atomic E-state index is -0.0233. The van der Waals surface area contributed by atoms with Crippen molar-refractivity contribution in [1.82, 2.24) is 10.2 Å². The molecule has 0 spiro atoms. The predicted molar refractivity (Wildman–Crippen MR) is 85.2 cm³/mol. The summed E-state index contributed by atoms with van der Waals surface area (Å²) in [6, 6.07) is 6.87. The molecule has 1 aromatic carbocycles. The minimum Gasteiger partial charge on any atom is -0.323 e. The molecule has 114 valence electrons. The van der Waals surface area contributed by atoms with Crippen LogP contribution < -0.4 is 10.6 Å². The third kappa shape index (κ3) is 2.64. The van der Waals surface area contributed by atoms with Gasteiger partial charge in [-0.2, -0.15) is 0 Å². The number of benzene rings is 1. The van der Waals surface area contributed by atoms with E-state index in [2.05, 4.69) is 42.8 Å². The molecule has 2 amide bonds. The fourth-order valence-corrected chi connectivity index (χ4v) is 3.90. The molecule has 0 aromatic heterocycles. The SMILES string of the molecule is CNC(c1ccc2c(c1)CN(C)C(=O)N2)C1CCCC1C. The van der Waals surface area contributed by atoms with Crippen molar-refractivity contribution in [2.75, 3.05) is 19.4 Å². The Bertz CT molecular complexity index is 543. The first-order chi connectivity index (χ1) is 10.1. The van der Waals surface area contributed by atoms with Crippen molar-refractivity contribution in [2.45, 2.75) is 38.8 Å². The van der Waals surface area contributed by atoms with Gasteiger partial charge in [0.1, 0.15) is 0 Å². The molecule has 4 nitrogen and oxygen atoms in total. The Kier molecular flexibility index (Phi) is 3.89. The highest BCUT2D eigenvalue weighted by molar-refractivity contribution is 5.92. The molecule has 1 aliphatic heterocycles. The number of rotatable bonds is 3. The van der Waals surface area contributed by atoms with Gasteiger partial charge >= 0.3 is 6.03 Å². The second-order valence-electron chi connectivity index (χ2n) is 6.54. The van der Waals surface area contributed by atoms with E-state index in [1.54, 1.807) is 4.90 Å². The molecular weight excluding hydrogens is 262 g/mol. The van der Waals surface area contributed by atoms with Crippen molar-refractivity contribution < 1.29 is 4.79 Å². The molecule has 3 unspecified atom stereocenters. The number of nitrogens with one attached hydrogen (secondary N) is 2. The molecule has 4 heteroatoms. The predicted octanol–water partition coefficient (Wildman–Crippen LogP) is 3.36. The molecule has 1 aliphatic carbocycles. The lowest BCUT2D eigenvalue weighted by atomic mass is 9.85. The standard InChI is InChI=1S/C17H25N3O/c1-11-5-4-6-14(11)16(18-2)12-7-8-15-13(9-12)10-20(3)17(21)19-15/h7-9,11,14,16,18H,4-6,10H2,1-3H3,(H,19,21). The summed E-state index contributed by atoms with van der Waals surface area (Å²) in [5.41, 5.74) is 3.51. The molecule has 1 fully saturated rings. The van der Waals surface area contributed by atoms with Crippen LogP contribution in [0.15, 0.2) is 18.2 Å². The van der Waals surface area contributed by atoms with Gasteiger partial charge < -0.3 is 15.5 Å². The monoisotopic (exact) mass is 287 g/mol. The van der Waals surface area contributed by atoms with E-state index < -0.39 is 0 Å². The zero-order valence-electron chi connectivity index (χ0n) is 13.1. The maximum atomic E-state index is 11.7. The molecule has 21 heavy (non-hydrogen) atoms. The quantitative estimate of drug-likeness (QED) is 0.895. The molecular formula is C17H25N3O. The van der Waals surface area contributed by atoms with Gasteiger partial charge in [0.25, 0.3) is 0 Å².